The van der Waals surface area contributed by atoms with Gasteiger partial charge in [0.1, 0.15) is 11.8 Å². The molecule has 2 rings (SSSR count). The number of para-hydroxylation sites is 1. The Morgan fingerprint density at radius 1 is 1.31 bits per heavy atom. The number of nitriles is 1. The molecule has 0 amide bonds. The van der Waals surface area contributed by atoms with Crippen LogP contribution in [0.4, 0.5) is 5.69 Å². The first kappa shape index (κ1) is 7.56. The molecular weight excluding hydrogens is 162 g/mol. The Balaban J connectivity index is 2.86. The molecule has 0 saturated heterocycles. The fraction of sp³-hybridized carbons (Fsp3) is 0. The van der Waals surface area contributed by atoms with Crippen molar-refractivity contribution < 1.29 is 0 Å². The summed E-state index contributed by atoms with van der Waals surface area (Å²) < 4.78 is 0. The molecule has 13 heavy (non-hydrogen) atoms. The van der Waals surface area contributed by atoms with E-state index in [9.17, 15) is 0 Å². The van der Waals surface area contributed by atoms with Gasteiger partial charge in [-0.15, -0.1) is 0 Å². The van der Waals surface area contributed by atoms with Crippen molar-refractivity contribution in [2.24, 2.45) is 0 Å². The van der Waals surface area contributed by atoms with Crippen LogP contribution in [-0.4, -0.2) is 4.98 Å². The van der Waals surface area contributed by atoms with Crippen LogP contribution in [0.1, 0.15) is 5.69 Å². The maximum Gasteiger partial charge on any atom is 0.143 e. The molecule has 0 aliphatic heterocycles. The number of benzene rings is 1. The summed E-state index contributed by atoms with van der Waals surface area (Å²) in [7, 11) is 0. The van der Waals surface area contributed by atoms with Gasteiger partial charge in [0, 0.05) is 11.1 Å². The minimum Gasteiger partial charge on any atom is -0.398 e. The Hall–Kier alpha value is -2.08. The third kappa shape index (κ3) is 1.18. The van der Waals surface area contributed by atoms with Crippen molar-refractivity contribution in [3.8, 4) is 6.07 Å². The number of aromatic nitrogens is 1. The molecular formula is C10H7N3. The fourth-order valence-corrected chi connectivity index (χ4v) is 1.26. The number of anilines is 1. The van der Waals surface area contributed by atoms with Gasteiger partial charge in [-0.2, -0.15) is 5.26 Å². The van der Waals surface area contributed by atoms with E-state index in [2.05, 4.69) is 4.98 Å². The zero-order valence-electron chi connectivity index (χ0n) is 6.86. The van der Waals surface area contributed by atoms with Gasteiger partial charge in [-0.25, -0.2) is 4.98 Å². The summed E-state index contributed by atoms with van der Waals surface area (Å²) in [6.45, 7) is 0. The molecule has 0 aliphatic rings. The molecule has 0 saturated carbocycles. The first-order chi connectivity index (χ1) is 6.31. The Morgan fingerprint density at radius 2 is 2.08 bits per heavy atom. The Bertz CT molecular complexity index is 497. The van der Waals surface area contributed by atoms with Crippen LogP contribution in [-0.2, 0) is 0 Å². The molecule has 0 spiro atoms. The van der Waals surface area contributed by atoms with E-state index in [1.165, 1.54) is 0 Å². The van der Waals surface area contributed by atoms with Crippen LogP contribution < -0.4 is 5.73 Å². The molecule has 1 aromatic heterocycles. The minimum absolute atomic E-state index is 0.358. The SMILES string of the molecule is N#Cc1cc(N)c2ccccc2n1. The fourth-order valence-electron chi connectivity index (χ4n) is 1.26. The second kappa shape index (κ2) is 2.76. The lowest BCUT2D eigenvalue weighted by molar-refractivity contribution is 1.33. The Kier molecular flexibility index (Phi) is 1.60. The number of nitrogens with two attached hydrogens (primary N) is 1. The molecule has 1 heterocycles. The maximum atomic E-state index is 8.65. The summed E-state index contributed by atoms with van der Waals surface area (Å²) in [4.78, 5) is 4.11. The van der Waals surface area contributed by atoms with Crippen LogP contribution in [0.3, 0.4) is 0 Å². The third-order valence-corrected chi connectivity index (χ3v) is 1.86. The van der Waals surface area contributed by atoms with E-state index in [0.717, 1.165) is 10.9 Å². The van der Waals surface area contributed by atoms with Crippen LogP contribution in [0.5, 0.6) is 0 Å². The van der Waals surface area contributed by atoms with E-state index < -0.39 is 0 Å². The summed E-state index contributed by atoms with van der Waals surface area (Å²) in [6, 6.07) is 11.0. The van der Waals surface area contributed by atoms with E-state index >= 15 is 0 Å². The van der Waals surface area contributed by atoms with Gasteiger partial charge in [-0.05, 0) is 12.1 Å². The van der Waals surface area contributed by atoms with Crippen LogP contribution in [0.15, 0.2) is 30.3 Å². The van der Waals surface area contributed by atoms with Crippen molar-refractivity contribution in [1.82, 2.24) is 4.98 Å². The van der Waals surface area contributed by atoms with Gasteiger partial charge in [0.15, 0.2) is 0 Å². The van der Waals surface area contributed by atoms with Crippen LogP contribution in [0, 0.1) is 11.3 Å². The van der Waals surface area contributed by atoms with E-state index in [-0.39, 0.29) is 0 Å². The molecule has 0 radical (unpaired) electrons. The van der Waals surface area contributed by atoms with Crippen molar-refractivity contribution in [2.75, 3.05) is 5.73 Å². The molecule has 0 aliphatic carbocycles. The van der Waals surface area contributed by atoms with Gasteiger partial charge in [-0.1, -0.05) is 18.2 Å². The molecule has 3 nitrogen and oxygen atoms in total. The molecule has 0 fully saturated rings. The topological polar surface area (TPSA) is 62.7 Å². The molecule has 0 unspecified atom stereocenters. The van der Waals surface area contributed by atoms with Gasteiger partial charge < -0.3 is 5.73 Å². The van der Waals surface area contributed by atoms with Gasteiger partial charge in [0.25, 0.3) is 0 Å². The number of rotatable bonds is 0. The summed E-state index contributed by atoms with van der Waals surface area (Å²) in [5.41, 5.74) is 7.46. The second-order valence-corrected chi connectivity index (χ2v) is 2.73. The zero-order valence-corrected chi connectivity index (χ0v) is 6.86. The lowest BCUT2D eigenvalue weighted by Crippen LogP contribution is -1.91. The molecule has 0 bridgehead atoms. The predicted molar refractivity (Wildman–Crippen MR) is 50.9 cm³/mol. The average Bonchev–Trinajstić information content (AvgIpc) is 2.18. The second-order valence-electron chi connectivity index (χ2n) is 2.73. The standard InChI is InChI=1S/C10H7N3/c11-6-7-5-9(12)8-3-1-2-4-10(8)13-7/h1-5H,(H2,12,13). The predicted octanol–water partition coefficient (Wildman–Crippen LogP) is 1.69. The minimum atomic E-state index is 0.358. The summed E-state index contributed by atoms with van der Waals surface area (Å²) in [6.07, 6.45) is 0. The van der Waals surface area contributed by atoms with Gasteiger partial charge >= 0.3 is 0 Å². The normalized spacial score (nSPS) is 9.77. The smallest absolute Gasteiger partial charge is 0.143 e. The number of nitrogen functional groups attached to an aromatic ring is 1. The Labute approximate surface area is 75.4 Å². The summed E-state index contributed by atoms with van der Waals surface area (Å²) in [5.74, 6) is 0. The van der Waals surface area contributed by atoms with E-state index in [0.29, 0.717) is 11.4 Å². The van der Waals surface area contributed by atoms with Gasteiger partial charge in [-0.3, -0.25) is 0 Å². The molecule has 2 aromatic rings. The highest BCUT2D eigenvalue weighted by Gasteiger charge is 2.00. The maximum absolute atomic E-state index is 8.65. The molecule has 1 aromatic carbocycles. The third-order valence-electron chi connectivity index (χ3n) is 1.86. The number of hydrogen-bond donors (Lipinski definition) is 1. The van der Waals surface area contributed by atoms with Crippen molar-refractivity contribution in [3.63, 3.8) is 0 Å². The molecule has 62 valence electrons. The molecule has 3 heteroatoms. The van der Waals surface area contributed by atoms with E-state index in [4.69, 9.17) is 11.0 Å². The average molecular weight is 169 g/mol. The largest absolute Gasteiger partial charge is 0.398 e. The zero-order chi connectivity index (χ0) is 9.26. The lowest BCUT2D eigenvalue weighted by atomic mass is 10.2. The van der Waals surface area contributed by atoms with Crippen molar-refractivity contribution in [3.05, 3.63) is 36.0 Å². The first-order valence-corrected chi connectivity index (χ1v) is 3.86. The number of pyridine rings is 1. The lowest BCUT2D eigenvalue weighted by Gasteiger charge is -2.00. The highest BCUT2D eigenvalue weighted by molar-refractivity contribution is 5.90. The van der Waals surface area contributed by atoms with E-state index in [1.807, 2.05) is 30.3 Å². The van der Waals surface area contributed by atoms with E-state index in [1.54, 1.807) is 6.07 Å². The molecule has 0 atom stereocenters. The van der Waals surface area contributed by atoms with Crippen LogP contribution >= 0.6 is 0 Å². The Morgan fingerprint density at radius 3 is 2.85 bits per heavy atom. The summed E-state index contributed by atoms with van der Waals surface area (Å²) >= 11 is 0. The quantitative estimate of drug-likeness (QED) is 0.652. The summed E-state index contributed by atoms with van der Waals surface area (Å²) in [5, 5.41) is 9.54. The first-order valence-electron chi connectivity index (χ1n) is 3.86. The van der Waals surface area contributed by atoms with Gasteiger partial charge in [0.2, 0.25) is 0 Å². The van der Waals surface area contributed by atoms with Crippen molar-refractivity contribution in [2.45, 2.75) is 0 Å². The number of hydrogen-bond acceptors (Lipinski definition) is 3. The van der Waals surface area contributed by atoms with Crippen molar-refractivity contribution in [1.29, 1.82) is 5.26 Å². The highest BCUT2D eigenvalue weighted by Crippen LogP contribution is 2.19. The van der Waals surface area contributed by atoms with Crippen LogP contribution in [0.25, 0.3) is 10.9 Å². The molecule has 2 N–H and O–H groups in total. The number of nitrogens with zero attached hydrogens (tertiary/aromatic N) is 2. The monoisotopic (exact) mass is 169 g/mol. The highest BCUT2D eigenvalue weighted by atomic mass is 14.7. The van der Waals surface area contributed by atoms with Gasteiger partial charge in [0.05, 0.1) is 5.52 Å². The van der Waals surface area contributed by atoms with Crippen LogP contribution in [0.2, 0.25) is 0 Å². The van der Waals surface area contributed by atoms with Crippen molar-refractivity contribution >= 4 is 16.6 Å². The number of fused-ring (bicyclic) bond motifs is 1.